The number of hydrogen-bond acceptors (Lipinski definition) is 4. The first-order valence-corrected chi connectivity index (χ1v) is 9.16. The van der Waals surface area contributed by atoms with Crippen LogP contribution in [0.5, 0.6) is 5.75 Å². The SMILES string of the molecule is COc1cc2oc(C)c(C)c2cc1/C(C)=C/C(=O)NC(C(=O)O)c1ccccc1. The maximum atomic E-state index is 12.5. The highest BCUT2D eigenvalue weighted by Gasteiger charge is 2.21. The first-order valence-electron chi connectivity index (χ1n) is 9.16. The van der Waals surface area contributed by atoms with Gasteiger partial charge in [-0.15, -0.1) is 0 Å². The molecule has 0 aliphatic heterocycles. The van der Waals surface area contributed by atoms with Crippen LogP contribution in [0.25, 0.3) is 16.5 Å². The number of fused-ring (bicyclic) bond motifs is 1. The molecule has 0 saturated heterocycles. The lowest BCUT2D eigenvalue weighted by atomic mass is 10.0. The number of aliphatic carboxylic acids is 1. The van der Waals surface area contributed by atoms with Gasteiger partial charge in [0.05, 0.1) is 7.11 Å². The van der Waals surface area contributed by atoms with Crippen LogP contribution in [0, 0.1) is 13.8 Å². The molecule has 0 aliphatic carbocycles. The van der Waals surface area contributed by atoms with E-state index in [1.807, 2.05) is 19.9 Å². The Morgan fingerprint density at radius 2 is 1.86 bits per heavy atom. The topological polar surface area (TPSA) is 88.8 Å². The Morgan fingerprint density at radius 3 is 2.48 bits per heavy atom. The smallest absolute Gasteiger partial charge is 0.330 e. The summed E-state index contributed by atoms with van der Waals surface area (Å²) in [5.74, 6) is -0.225. The van der Waals surface area contributed by atoms with Crippen molar-refractivity contribution in [3.8, 4) is 5.75 Å². The molecule has 2 N–H and O–H groups in total. The minimum absolute atomic E-state index is 0.499. The van der Waals surface area contributed by atoms with E-state index in [0.29, 0.717) is 22.5 Å². The lowest BCUT2D eigenvalue weighted by Gasteiger charge is -2.14. The normalized spacial score (nSPS) is 12.6. The van der Waals surface area contributed by atoms with Crippen LogP contribution in [0.3, 0.4) is 0 Å². The Bertz CT molecular complexity index is 1100. The minimum atomic E-state index is -1.13. The van der Waals surface area contributed by atoms with Gasteiger partial charge in [0.15, 0.2) is 6.04 Å². The standard InChI is InChI=1S/C23H23NO5/c1-13(10-21(25)24-22(23(26)27)16-8-6-5-7-9-16)17-11-18-14(2)15(3)29-20(18)12-19(17)28-4/h5-12,22H,1-4H3,(H,24,25)(H,26,27)/b13-10+. The Morgan fingerprint density at radius 1 is 1.17 bits per heavy atom. The third-order valence-corrected chi connectivity index (χ3v) is 4.94. The van der Waals surface area contributed by atoms with Crippen LogP contribution in [0.1, 0.15) is 35.4 Å². The molecule has 1 aromatic heterocycles. The average molecular weight is 393 g/mol. The largest absolute Gasteiger partial charge is 0.496 e. The van der Waals surface area contributed by atoms with Gasteiger partial charge in [0, 0.05) is 23.1 Å². The fourth-order valence-electron chi connectivity index (χ4n) is 3.24. The zero-order chi connectivity index (χ0) is 21.1. The first kappa shape index (κ1) is 20.2. The number of allylic oxidation sites excluding steroid dienone is 1. The quantitative estimate of drug-likeness (QED) is 0.606. The second-order valence-corrected chi connectivity index (χ2v) is 6.85. The molecule has 150 valence electrons. The van der Waals surface area contributed by atoms with Crippen molar-refractivity contribution >= 4 is 28.4 Å². The van der Waals surface area contributed by atoms with Gasteiger partial charge < -0.3 is 19.6 Å². The zero-order valence-corrected chi connectivity index (χ0v) is 16.8. The second kappa shape index (κ2) is 8.22. The molecular weight excluding hydrogens is 370 g/mol. The summed E-state index contributed by atoms with van der Waals surface area (Å²) in [7, 11) is 1.55. The maximum absolute atomic E-state index is 12.5. The fraction of sp³-hybridized carbons (Fsp3) is 0.217. The van der Waals surface area contributed by atoms with Crippen molar-refractivity contribution < 1.29 is 23.8 Å². The number of carbonyl (C=O) groups is 2. The molecule has 0 aliphatic rings. The second-order valence-electron chi connectivity index (χ2n) is 6.85. The number of ether oxygens (including phenoxy) is 1. The number of nitrogens with one attached hydrogen (secondary N) is 1. The molecule has 3 aromatic rings. The summed E-state index contributed by atoms with van der Waals surface area (Å²) in [6, 6.07) is 11.2. The van der Waals surface area contributed by atoms with E-state index in [9.17, 15) is 14.7 Å². The molecule has 1 unspecified atom stereocenters. The highest BCUT2D eigenvalue weighted by molar-refractivity contribution is 5.99. The van der Waals surface area contributed by atoms with E-state index in [4.69, 9.17) is 9.15 Å². The Hall–Kier alpha value is -3.54. The zero-order valence-electron chi connectivity index (χ0n) is 16.8. The summed E-state index contributed by atoms with van der Waals surface area (Å²) in [5.41, 5.74) is 3.63. The van der Waals surface area contributed by atoms with Gasteiger partial charge in [0.25, 0.3) is 0 Å². The summed E-state index contributed by atoms with van der Waals surface area (Å²) in [6.45, 7) is 5.65. The summed E-state index contributed by atoms with van der Waals surface area (Å²) in [5, 5.41) is 13.0. The van der Waals surface area contributed by atoms with Crippen molar-refractivity contribution in [1.29, 1.82) is 0 Å². The van der Waals surface area contributed by atoms with Crippen molar-refractivity contribution in [1.82, 2.24) is 5.32 Å². The highest BCUT2D eigenvalue weighted by Crippen LogP contribution is 2.34. The molecule has 6 nitrogen and oxygen atoms in total. The third kappa shape index (κ3) is 4.16. The monoisotopic (exact) mass is 393 g/mol. The molecule has 0 saturated carbocycles. The van der Waals surface area contributed by atoms with E-state index in [0.717, 1.165) is 22.3 Å². The van der Waals surface area contributed by atoms with Gasteiger partial charge >= 0.3 is 5.97 Å². The molecule has 1 heterocycles. The summed E-state index contributed by atoms with van der Waals surface area (Å²) < 4.78 is 11.2. The predicted molar refractivity (Wildman–Crippen MR) is 111 cm³/mol. The Kier molecular flexibility index (Phi) is 5.73. The number of benzene rings is 2. The van der Waals surface area contributed by atoms with Crippen LogP contribution in [0.15, 0.2) is 53.0 Å². The molecule has 1 atom stereocenters. The predicted octanol–water partition coefficient (Wildman–Crippen LogP) is 4.40. The van der Waals surface area contributed by atoms with Crippen LogP contribution >= 0.6 is 0 Å². The molecule has 6 heteroatoms. The van der Waals surface area contributed by atoms with Crippen molar-refractivity contribution in [2.45, 2.75) is 26.8 Å². The fourth-order valence-corrected chi connectivity index (χ4v) is 3.24. The number of amides is 1. The van der Waals surface area contributed by atoms with E-state index >= 15 is 0 Å². The van der Waals surface area contributed by atoms with Crippen LogP contribution in [-0.4, -0.2) is 24.1 Å². The van der Waals surface area contributed by atoms with E-state index in [1.165, 1.54) is 6.08 Å². The lowest BCUT2D eigenvalue weighted by molar-refractivity contribution is -0.141. The maximum Gasteiger partial charge on any atom is 0.330 e. The number of carboxylic acids is 1. The molecule has 29 heavy (non-hydrogen) atoms. The lowest BCUT2D eigenvalue weighted by Crippen LogP contribution is -2.32. The molecule has 1 amide bonds. The van der Waals surface area contributed by atoms with Crippen LogP contribution in [-0.2, 0) is 9.59 Å². The molecular formula is C23H23NO5. The van der Waals surface area contributed by atoms with Crippen molar-refractivity contribution in [3.05, 3.63) is 71.0 Å². The number of carboxylic acid groups (broad SMARTS) is 1. The van der Waals surface area contributed by atoms with Gasteiger partial charge in [-0.3, -0.25) is 4.79 Å². The van der Waals surface area contributed by atoms with Crippen molar-refractivity contribution in [2.24, 2.45) is 0 Å². The summed E-state index contributed by atoms with van der Waals surface area (Å²) in [6.07, 6.45) is 1.38. The Balaban J connectivity index is 1.92. The van der Waals surface area contributed by atoms with E-state index in [-0.39, 0.29) is 0 Å². The molecule has 0 bridgehead atoms. The molecule has 3 rings (SSSR count). The average Bonchev–Trinajstić information content (AvgIpc) is 2.98. The minimum Gasteiger partial charge on any atom is -0.496 e. The number of methoxy groups -OCH3 is 1. The first-order chi connectivity index (χ1) is 13.8. The summed E-state index contributed by atoms with van der Waals surface area (Å²) in [4.78, 5) is 24.2. The Labute approximate surface area is 168 Å². The van der Waals surface area contributed by atoms with E-state index < -0.39 is 17.9 Å². The molecule has 2 aromatic carbocycles. The van der Waals surface area contributed by atoms with Crippen LogP contribution < -0.4 is 10.1 Å². The summed E-state index contributed by atoms with van der Waals surface area (Å²) >= 11 is 0. The number of hydrogen-bond donors (Lipinski definition) is 2. The molecule has 0 spiro atoms. The van der Waals surface area contributed by atoms with Gasteiger partial charge in [-0.2, -0.15) is 0 Å². The number of rotatable bonds is 6. The van der Waals surface area contributed by atoms with Gasteiger partial charge in [-0.25, -0.2) is 4.79 Å². The van der Waals surface area contributed by atoms with Gasteiger partial charge in [-0.1, -0.05) is 30.3 Å². The third-order valence-electron chi connectivity index (χ3n) is 4.94. The van der Waals surface area contributed by atoms with Crippen molar-refractivity contribution in [3.63, 3.8) is 0 Å². The van der Waals surface area contributed by atoms with E-state index in [2.05, 4.69) is 5.32 Å². The highest BCUT2D eigenvalue weighted by atomic mass is 16.5. The van der Waals surface area contributed by atoms with Crippen LogP contribution in [0.4, 0.5) is 0 Å². The van der Waals surface area contributed by atoms with Crippen molar-refractivity contribution in [2.75, 3.05) is 7.11 Å². The molecule has 0 radical (unpaired) electrons. The van der Waals surface area contributed by atoms with Gasteiger partial charge in [0.2, 0.25) is 5.91 Å². The number of aryl methyl sites for hydroxylation is 2. The number of carbonyl (C=O) groups excluding carboxylic acids is 1. The number of furan rings is 1. The van der Waals surface area contributed by atoms with Gasteiger partial charge in [0.1, 0.15) is 17.1 Å². The van der Waals surface area contributed by atoms with E-state index in [1.54, 1.807) is 50.4 Å². The molecule has 0 fully saturated rings. The van der Waals surface area contributed by atoms with Gasteiger partial charge in [-0.05, 0) is 43.5 Å². The van der Waals surface area contributed by atoms with Crippen LogP contribution in [0.2, 0.25) is 0 Å².